The van der Waals surface area contributed by atoms with Crippen LogP contribution in [0.4, 0.5) is 0 Å². The lowest BCUT2D eigenvalue weighted by atomic mass is 10.2. The van der Waals surface area contributed by atoms with E-state index in [0.29, 0.717) is 12.8 Å². The molecule has 0 saturated carbocycles. The van der Waals surface area contributed by atoms with Crippen molar-refractivity contribution in [1.82, 2.24) is 9.29 Å². The van der Waals surface area contributed by atoms with Crippen molar-refractivity contribution >= 4 is 16.0 Å². The van der Waals surface area contributed by atoms with E-state index in [1.54, 1.807) is 17.8 Å². The van der Waals surface area contributed by atoms with Gasteiger partial charge in [0.2, 0.25) is 10.0 Å². The van der Waals surface area contributed by atoms with Gasteiger partial charge >= 0.3 is 5.97 Å². The summed E-state index contributed by atoms with van der Waals surface area (Å²) in [5, 5.41) is 8.77. The van der Waals surface area contributed by atoms with Crippen LogP contribution < -0.4 is 4.72 Å². The number of ether oxygens (including phenoxy) is 1. The first kappa shape index (κ1) is 14.0. The predicted molar refractivity (Wildman–Crippen MR) is 66.1 cm³/mol. The standard InChI is InChI=1S/C11H16N2O5S/c1-13-5-4-9(7-13)19(16,17)12-6-8-2-3-10(18-8)11(14)15/h4-5,7-8,10,12H,2-3,6H2,1H3,(H,14,15). The summed E-state index contributed by atoms with van der Waals surface area (Å²) in [7, 11) is -1.83. The van der Waals surface area contributed by atoms with Crippen molar-refractivity contribution in [3.8, 4) is 0 Å². The number of sulfonamides is 1. The number of aromatic nitrogens is 1. The first-order chi connectivity index (χ1) is 8.88. The van der Waals surface area contributed by atoms with Crippen LogP contribution >= 0.6 is 0 Å². The molecule has 2 atom stereocenters. The SMILES string of the molecule is Cn1ccc(S(=O)(=O)NCC2CCC(C(=O)O)O2)c1. The molecule has 0 spiro atoms. The van der Waals surface area contributed by atoms with E-state index < -0.39 is 22.1 Å². The zero-order valence-electron chi connectivity index (χ0n) is 10.4. The second kappa shape index (κ2) is 5.32. The minimum absolute atomic E-state index is 0.0843. The molecule has 1 aliphatic rings. The van der Waals surface area contributed by atoms with Crippen LogP contribution in [0.3, 0.4) is 0 Å². The Morgan fingerprint density at radius 1 is 1.58 bits per heavy atom. The molecule has 0 aromatic carbocycles. The lowest BCUT2D eigenvalue weighted by Crippen LogP contribution is -2.33. The average Bonchev–Trinajstić information content (AvgIpc) is 2.95. The van der Waals surface area contributed by atoms with Gasteiger partial charge in [-0.3, -0.25) is 0 Å². The van der Waals surface area contributed by atoms with Gasteiger partial charge in [-0.05, 0) is 18.9 Å². The molecule has 2 N–H and O–H groups in total. The average molecular weight is 288 g/mol. The van der Waals surface area contributed by atoms with Crippen LogP contribution in [0.1, 0.15) is 12.8 Å². The first-order valence-electron chi connectivity index (χ1n) is 5.88. The number of carbonyl (C=O) groups is 1. The van der Waals surface area contributed by atoms with E-state index in [1.165, 1.54) is 12.3 Å². The van der Waals surface area contributed by atoms with Gasteiger partial charge in [-0.15, -0.1) is 0 Å². The van der Waals surface area contributed by atoms with Crippen molar-refractivity contribution in [3.63, 3.8) is 0 Å². The number of hydrogen-bond donors (Lipinski definition) is 2. The molecule has 106 valence electrons. The highest BCUT2D eigenvalue weighted by atomic mass is 32.2. The van der Waals surface area contributed by atoms with Gasteiger partial charge in [0, 0.05) is 26.0 Å². The predicted octanol–water partition coefficient (Wildman–Crippen LogP) is -0.0644. The quantitative estimate of drug-likeness (QED) is 0.790. The van der Waals surface area contributed by atoms with E-state index in [-0.39, 0.29) is 17.5 Å². The van der Waals surface area contributed by atoms with Gasteiger partial charge < -0.3 is 14.4 Å². The second-order valence-corrected chi connectivity index (χ2v) is 6.29. The number of carboxylic acid groups (broad SMARTS) is 1. The van der Waals surface area contributed by atoms with E-state index >= 15 is 0 Å². The molecule has 8 heteroatoms. The topological polar surface area (TPSA) is 97.6 Å². The van der Waals surface area contributed by atoms with Crippen LogP contribution in [0, 0.1) is 0 Å². The zero-order chi connectivity index (χ0) is 14.0. The molecule has 0 amide bonds. The van der Waals surface area contributed by atoms with Gasteiger partial charge in [0.1, 0.15) is 0 Å². The highest BCUT2D eigenvalue weighted by Gasteiger charge is 2.31. The maximum Gasteiger partial charge on any atom is 0.332 e. The van der Waals surface area contributed by atoms with Crippen molar-refractivity contribution in [2.24, 2.45) is 7.05 Å². The van der Waals surface area contributed by atoms with Crippen molar-refractivity contribution in [2.75, 3.05) is 6.54 Å². The molecular weight excluding hydrogens is 272 g/mol. The normalized spacial score (nSPS) is 23.6. The van der Waals surface area contributed by atoms with Gasteiger partial charge in [-0.1, -0.05) is 0 Å². The molecule has 1 aromatic heterocycles. The van der Waals surface area contributed by atoms with Crippen LogP contribution in [0.15, 0.2) is 23.4 Å². The summed E-state index contributed by atoms with van der Waals surface area (Å²) in [6.45, 7) is 0.0843. The van der Waals surface area contributed by atoms with Crippen LogP contribution in [0.5, 0.6) is 0 Å². The number of nitrogens with zero attached hydrogens (tertiary/aromatic N) is 1. The lowest BCUT2D eigenvalue weighted by Gasteiger charge is -2.12. The van der Waals surface area contributed by atoms with Gasteiger partial charge in [-0.2, -0.15) is 0 Å². The maximum atomic E-state index is 11.9. The molecule has 0 bridgehead atoms. The molecule has 2 heterocycles. The molecule has 0 radical (unpaired) electrons. The summed E-state index contributed by atoms with van der Waals surface area (Å²) < 4.78 is 33.1. The summed E-state index contributed by atoms with van der Waals surface area (Å²) in [5.74, 6) is -1.01. The fourth-order valence-electron chi connectivity index (χ4n) is 1.96. The van der Waals surface area contributed by atoms with Gasteiger partial charge in [-0.25, -0.2) is 17.9 Å². The number of nitrogens with one attached hydrogen (secondary N) is 1. The Kier molecular flexibility index (Phi) is 3.93. The van der Waals surface area contributed by atoms with Crippen molar-refractivity contribution < 1.29 is 23.1 Å². The maximum absolute atomic E-state index is 11.9. The minimum Gasteiger partial charge on any atom is -0.479 e. The second-order valence-electron chi connectivity index (χ2n) is 4.53. The van der Waals surface area contributed by atoms with Crippen molar-refractivity contribution in [3.05, 3.63) is 18.5 Å². The molecule has 2 unspecified atom stereocenters. The Hall–Kier alpha value is -1.38. The van der Waals surface area contributed by atoms with Gasteiger partial charge in [0.25, 0.3) is 0 Å². The molecule has 1 aromatic rings. The lowest BCUT2D eigenvalue weighted by molar-refractivity contribution is -0.149. The smallest absolute Gasteiger partial charge is 0.332 e. The van der Waals surface area contributed by atoms with Crippen LogP contribution in [-0.2, 0) is 26.6 Å². The number of aliphatic carboxylic acids is 1. The van der Waals surface area contributed by atoms with E-state index in [4.69, 9.17) is 9.84 Å². The van der Waals surface area contributed by atoms with Crippen molar-refractivity contribution in [1.29, 1.82) is 0 Å². The summed E-state index contributed by atoms with van der Waals surface area (Å²) in [5.41, 5.74) is 0. The molecule has 0 aliphatic carbocycles. The first-order valence-corrected chi connectivity index (χ1v) is 7.37. The molecule has 7 nitrogen and oxygen atoms in total. The third-order valence-electron chi connectivity index (χ3n) is 3.00. The molecular formula is C11H16N2O5S. The Morgan fingerprint density at radius 2 is 2.32 bits per heavy atom. The van der Waals surface area contributed by atoms with E-state index in [0.717, 1.165) is 0 Å². The third kappa shape index (κ3) is 3.34. The monoisotopic (exact) mass is 288 g/mol. The fourth-order valence-corrected chi connectivity index (χ4v) is 3.08. The number of carboxylic acids is 1. The van der Waals surface area contributed by atoms with Crippen molar-refractivity contribution in [2.45, 2.75) is 29.9 Å². The summed E-state index contributed by atoms with van der Waals surface area (Å²) in [6.07, 6.45) is 2.87. The van der Waals surface area contributed by atoms with Crippen LogP contribution in [0.25, 0.3) is 0 Å². The Balaban J connectivity index is 1.91. The summed E-state index contributed by atoms with van der Waals surface area (Å²) >= 11 is 0. The van der Waals surface area contributed by atoms with E-state index in [1.807, 2.05) is 0 Å². The van der Waals surface area contributed by atoms with E-state index in [9.17, 15) is 13.2 Å². The number of aryl methyl sites for hydroxylation is 1. The van der Waals surface area contributed by atoms with E-state index in [2.05, 4.69) is 4.72 Å². The molecule has 1 fully saturated rings. The summed E-state index contributed by atoms with van der Waals surface area (Å²) in [6, 6.07) is 1.50. The summed E-state index contributed by atoms with van der Waals surface area (Å²) in [4.78, 5) is 10.9. The molecule has 2 rings (SSSR count). The number of rotatable bonds is 5. The fraction of sp³-hybridized carbons (Fsp3) is 0.545. The zero-order valence-corrected chi connectivity index (χ0v) is 11.3. The third-order valence-corrected chi connectivity index (χ3v) is 4.41. The Labute approximate surface area is 111 Å². The Morgan fingerprint density at radius 3 is 2.84 bits per heavy atom. The highest BCUT2D eigenvalue weighted by molar-refractivity contribution is 7.89. The molecule has 1 saturated heterocycles. The van der Waals surface area contributed by atoms with Gasteiger partial charge in [0.05, 0.1) is 11.0 Å². The highest BCUT2D eigenvalue weighted by Crippen LogP contribution is 2.19. The Bertz CT molecular complexity index is 565. The molecule has 19 heavy (non-hydrogen) atoms. The largest absolute Gasteiger partial charge is 0.479 e. The number of hydrogen-bond acceptors (Lipinski definition) is 4. The molecule has 1 aliphatic heterocycles. The van der Waals surface area contributed by atoms with Crippen LogP contribution in [0.2, 0.25) is 0 Å². The van der Waals surface area contributed by atoms with Crippen LogP contribution in [-0.4, -0.2) is 42.8 Å². The van der Waals surface area contributed by atoms with Gasteiger partial charge in [0.15, 0.2) is 6.10 Å². The minimum atomic E-state index is -3.56.